The number of nitrogens with zero attached hydrogens (tertiary/aromatic N) is 2. The van der Waals surface area contributed by atoms with Crippen molar-refractivity contribution < 1.29 is 22.7 Å². The zero-order chi connectivity index (χ0) is 32.4. The highest BCUT2D eigenvalue weighted by Gasteiger charge is 2.35. The van der Waals surface area contributed by atoms with Crippen molar-refractivity contribution in [1.82, 2.24) is 10.2 Å². The number of benzene rings is 3. The van der Waals surface area contributed by atoms with Gasteiger partial charge in [0.2, 0.25) is 11.8 Å². The SMILES string of the molecule is CCOc1ccccc1N(CC(=O)N(Cc1ccc(Cl)cc1)[C@H](CC)C(=O)NC1CCCCC1)S(=O)(=O)c1ccc(SC)cc1. The number of hydrogen-bond donors (Lipinski definition) is 1. The molecule has 45 heavy (non-hydrogen) atoms. The van der Waals surface area contributed by atoms with Crippen molar-refractivity contribution in [3.05, 3.63) is 83.4 Å². The molecule has 2 amide bonds. The van der Waals surface area contributed by atoms with E-state index < -0.39 is 28.5 Å². The molecule has 0 aromatic heterocycles. The number of para-hydroxylation sites is 2. The van der Waals surface area contributed by atoms with E-state index in [9.17, 15) is 18.0 Å². The number of thioether (sulfide) groups is 1. The van der Waals surface area contributed by atoms with Gasteiger partial charge in [0.25, 0.3) is 10.0 Å². The van der Waals surface area contributed by atoms with Gasteiger partial charge in [0, 0.05) is 22.5 Å². The zero-order valence-corrected chi connectivity index (χ0v) is 28.5. The maximum Gasteiger partial charge on any atom is 0.264 e. The highest BCUT2D eigenvalue weighted by atomic mass is 35.5. The molecule has 0 aliphatic heterocycles. The van der Waals surface area contributed by atoms with Crippen molar-refractivity contribution in [2.24, 2.45) is 0 Å². The predicted molar refractivity (Wildman–Crippen MR) is 181 cm³/mol. The number of sulfonamides is 1. The van der Waals surface area contributed by atoms with Gasteiger partial charge in [-0.2, -0.15) is 0 Å². The summed E-state index contributed by atoms with van der Waals surface area (Å²) in [7, 11) is -4.22. The van der Waals surface area contributed by atoms with E-state index in [0.29, 0.717) is 23.8 Å². The summed E-state index contributed by atoms with van der Waals surface area (Å²) in [6, 6.07) is 19.7. The molecule has 1 atom stereocenters. The first kappa shape index (κ1) is 34.7. The number of halogens is 1. The van der Waals surface area contributed by atoms with Crippen LogP contribution in [0.25, 0.3) is 0 Å². The van der Waals surface area contributed by atoms with E-state index in [0.717, 1.165) is 46.9 Å². The largest absolute Gasteiger partial charge is 0.492 e. The van der Waals surface area contributed by atoms with Crippen molar-refractivity contribution in [2.75, 3.05) is 23.7 Å². The molecule has 0 heterocycles. The van der Waals surface area contributed by atoms with Crippen LogP contribution < -0.4 is 14.4 Å². The lowest BCUT2D eigenvalue weighted by Gasteiger charge is -2.34. The third-order valence-electron chi connectivity index (χ3n) is 7.96. The number of nitrogens with one attached hydrogen (secondary N) is 1. The molecule has 3 aromatic carbocycles. The van der Waals surface area contributed by atoms with Crippen LogP contribution in [-0.4, -0.2) is 56.6 Å². The Bertz CT molecular complexity index is 1530. The van der Waals surface area contributed by atoms with Crippen LogP contribution in [0, 0.1) is 0 Å². The molecule has 4 rings (SSSR count). The van der Waals surface area contributed by atoms with E-state index in [1.165, 1.54) is 16.7 Å². The van der Waals surface area contributed by atoms with Gasteiger partial charge in [0.05, 0.1) is 17.2 Å². The van der Waals surface area contributed by atoms with Crippen LogP contribution in [0.15, 0.2) is 82.6 Å². The Hall–Kier alpha value is -3.21. The van der Waals surface area contributed by atoms with Crippen LogP contribution in [-0.2, 0) is 26.2 Å². The third-order valence-corrected chi connectivity index (χ3v) is 10.7. The lowest BCUT2D eigenvalue weighted by atomic mass is 9.95. The molecule has 0 bridgehead atoms. The minimum absolute atomic E-state index is 0.0470. The maximum absolute atomic E-state index is 14.4. The van der Waals surface area contributed by atoms with Gasteiger partial charge in [-0.25, -0.2) is 8.42 Å². The molecule has 11 heteroatoms. The smallest absolute Gasteiger partial charge is 0.264 e. The van der Waals surface area contributed by atoms with Crippen LogP contribution >= 0.6 is 23.4 Å². The minimum Gasteiger partial charge on any atom is -0.492 e. The Morgan fingerprint density at radius 2 is 1.64 bits per heavy atom. The first-order chi connectivity index (χ1) is 21.7. The minimum atomic E-state index is -4.22. The number of carbonyl (C=O) groups is 2. The quantitative estimate of drug-likeness (QED) is 0.187. The summed E-state index contributed by atoms with van der Waals surface area (Å²) in [5.74, 6) is -0.405. The van der Waals surface area contributed by atoms with Crippen molar-refractivity contribution >= 4 is 50.9 Å². The van der Waals surface area contributed by atoms with Gasteiger partial charge in [-0.15, -0.1) is 11.8 Å². The molecule has 0 radical (unpaired) electrons. The first-order valence-corrected chi connectivity index (χ1v) is 18.4. The molecule has 8 nitrogen and oxygen atoms in total. The zero-order valence-electron chi connectivity index (χ0n) is 26.1. The monoisotopic (exact) mass is 671 g/mol. The van der Waals surface area contributed by atoms with Gasteiger partial charge in [-0.1, -0.05) is 62.1 Å². The molecular formula is C34H42ClN3O5S2. The summed E-state index contributed by atoms with van der Waals surface area (Å²) < 4.78 is 35.5. The van der Waals surface area contributed by atoms with E-state index in [-0.39, 0.29) is 29.1 Å². The molecule has 1 fully saturated rings. The van der Waals surface area contributed by atoms with Crippen molar-refractivity contribution in [1.29, 1.82) is 0 Å². The molecule has 0 unspecified atom stereocenters. The average Bonchev–Trinajstić information content (AvgIpc) is 3.05. The normalized spacial score (nSPS) is 14.4. The highest BCUT2D eigenvalue weighted by Crippen LogP contribution is 2.33. The van der Waals surface area contributed by atoms with Crippen LogP contribution in [0.5, 0.6) is 5.75 Å². The average molecular weight is 672 g/mol. The number of hydrogen-bond acceptors (Lipinski definition) is 6. The van der Waals surface area contributed by atoms with E-state index in [4.69, 9.17) is 16.3 Å². The molecular weight excluding hydrogens is 630 g/mol. The van der Waals surface area contributed by atoms with Crippen molar-refractivity contribution in [3.63, 3.8) is 0 Å². The van der Waals surface area contributed by atoms with E-state index in [1.54, 1.807) is 72.8 Å². The van der Waals surface area contributed by atoms with Crippen molar-refractivity contribution in [2.45, 2.75) is 80.8 Å². The lowest BCUT2D eigenvalue weighted by Crippen LogP contribution is -2.54. The summed E-state index contributed by atoms with van der Waals surface area (Å²) in [4.78, 5) is 30.6. The summed E-state index contributed by atoms with van der Waals surface area (Å²) in [5, 5.41) is 3.72. The van der Waals surface area contributed by atoms with Gasteiger partial charge >= 0.3 is 0 Å². The Morgan fingerprint density at radius 1 is 0.978 bits per heavy atom. The van der Waals surface area contributed by atoms with Crippen LogP contribution in [0.1, 0.15) is 57.9 Å². The van der Waals surface area contributed by atoms with Gasteiger partial charge < -0.3 is 15.0 Å². The number of ether oxygens (including phenoxy) is 1. The van der Waals surface area contributed by atoms with Gasteiger partial charge in [-0.3, -0.25) is 13.9 Å². The van der Waals surface area contributed by atoms with E-state index in [2.05, 4.69) is 5.32 Å². The molecule has 1 aliphatic rings. The fourth-order valence-electron chi connectivity index (χ4n) is 5.58. The summed E-state index contributed by atoms with van der Waals surface area (Å²) in [5.41, 5.74) is 1.02. The standard InChI is InChI=1S/C34H42ClN3O5S2/c1-4-30(34(40)36-27-11-7-6-8-12-27)37(23-25-15-17-26(35)18-16-25)33(39)24-38(31-13-9-10-14-32(31)43-5-2)45(41,42)29-21-19-28(44-3)20-22-29/h9-10,13-22,27,30H,4-8,11-12,23-24H2,1-3H3,(H,36,40)/t30-/m1/s1. The molecule has 0 spiro atoms. The molecule has 1 N–H and O–H groups in total. The van der Waals surface area contributed by atoms with E-state index in [1.807, 2.05) is 20.1 Å². The number of carbonyl (C=O) groups excluding carboxylic acids is 2. The third kappa shape index (κ3) is 8.95. The highest BCUT2D eigenvalue weighted by molar-refractivity contribution is 7.98. The summed E-state index contributed by atoms with van der Waals surface area (Å²) in [6.45, 7) is 3.56. The predicted octanol–water partition coefficient (Wildman–Crippen LogP) is 6.91. The van der Waals surface area contributed by atoms with Crippen LogP contribution in [0.3, 0.4) is 0 Å². The fourth-order valence-corrected chi connectivity index (χ4v) is 7.54. The summed E-state index contributed by atoms with van der Waals surface area (Å²) in [6.07, 6.45) is 7.34. The Balaban J connectivity index is 1.74. The first-order valence-electron chi connectivity index (χ1n) is 15.4. The second kappa shape index (κ2) is 16.4. The van der Waals surface area contributed by atoms with Gasteiger partial charge in [-0.05, 0) is 86.5 Å². The molecule has 1 saturated carbocycles. The second-order valence-electron chi connectivity index (χ2n) is 11.0. The Kier molecular flexibility index (Phi) is 12.6. The van der Waals surface area contributed by atoms with Crippen molar-refractivity contribution in [3.8, 4) is 5.75 Å². The second-order valence-corrected chi connectivity index (χ2v) is 14.2. The van der Waals surface area contributed by atoms with E-state index >= 15 is 0 Å². The van der Waals surface area contributed by atoms with Gasteiger partial charge in [0.15, 0.2) is 0 Å². The fraction of sp³-hybridized carbons (Fsp3) is 0.412. The Labute approximate surface area is 276 Å². The summed E-state index contributed by atoms with van der Waals surface area (Å²) >= 11 is 7.64. The molecule has 3 aromatic rings. The topological polar surface area (TPSA) is 96.0 Å². The molecule has 0 saturated heterocycles. The number of amides is 2. The Morgan fingerprint density at radius 3 is 2.27 bits per heavy atom. The molecule has 1 aliphatic carbocycles. The van der Waals surface area contributed by atoms with Crippen LogP contribution in [0.4, 0.5) is 5.69 Å². The van der Waals surface area contributed by atoms with Crippen LogP contribution in [0.2, 0.25) is 5.02 Å². The molecule has 242 valence electrons. The maximum atomic E-state index is 14.4. The lowest BCUT2D eigenvalue weighted by molar-refractivity contribution is -0.140. The van der Waals surface area contributed by atoms with Gasteiger partial charge in [0.1, 0.15) is 18.3 Å². The number of anilines is 1. The number of rotatable bonds is 14.